The van der Waals surface area contributed by atoms with Crippen molar-refractivity contribution < 1.29 is 19.8 Å². The predicted molar refractivity (Wildman–Crippen MR) is 140 cm³/mol. The summed E-state index contributed by atoms with van der Waals surface area (Å²) < 4.78 is 3.30. The standard InChI is InChI=1S/2C8H16O2.2C6H13.Sn/c2*1-3-5-6-7(4-2)8(9)10;2*1-3-5-6-4-2;/h2*7H,3-6H2,1-2H3,(H,9,10);2*1,3-6H2,2H3;/q;;;;+2/p-2. The van der Waals surface area contributed by atoms with Crippen molar-refractivity contribution in [1.82, 2.24) is 0 Å². The molecule has 0 aliphatic carbocycles. The summed E-state index contributed by atoms with van der Waals surface area (Å²) in [6.07, 6.45) is 18.9. The average Bonchev–Trinajstić information content (AvgIpc) is 2.79. The molecule has 5 heteroatoms. The van der Waals surface area contributed by atoms with Crippen molar-refractivity contribution in [2.45, 2.75) is 153 Å². The number of carboxylic acids is 2. The van der Waals surface area contributed by atoms with Crippen molar-refractivity contribution in [1.29, 1.82) is 0 Å². The molecule has 4 nitrogen and oxygen atoms in total. The van der Waals surface area contributed by atoms with Gasteiger partial charge in [-0.1, -0.05) is 53.4 Å². The van der Waals surface area contributed by atoms with E-state index in [0.29, 0.717) is 12.8 Å². The molecule has 0 heterocycles. The molecular weight excluding hydrogens is 519 g/mol. The van der Waals surface area contributed by atoms with Gasteiger partial charge in [0, 0.05) is 11.9 Å². The number of unbranched alkanes of at least 4 members (excludes halogenated alkanes) is 8. The van der Waals surface area contributed by atoms with Gasteiger partial charge in [0.15, 0.2) is 0 Å². The Bertz CT molecular complexity index is 365. The Hall–Kier alpha value is -0.261. The van der Waals surface area contributed by atoms with Crippen LogP contribution in [0.1, 0.15) is 144 Å². The second kappa shape index (κ2) is 31.7. The quantitative estimate of drug-likeness (QED) is 0.121. The molecule has 0 aromatic heterocycles. The summed E-state index contributed by atoms with van der Waals surface area (Å²) in [4.78, 5) is 20.7. The fourth-order valence-corrected chi connectivity index (χ4v) is 6.92. The first-order chi connectivity index (χ1) is 15.9. The van der Waals surface area contributed by atoms with Gasteiger partial charge in [-0.05, 0) is 37.5 Å². The van der Waals surface area contributed by atoms with Crippen LogP contribution in [0, 0.1) is 11.8 Å². The first-order valence-corrected chi connectivity index (χ1v) is 18.0. The summed E-state index contributed by atoms with van der Waals surface area (Å²) in [5.74, 6) is -2.23. The monoisotopic (exact) mass is 576 g/mol. The van der Waals surface area contributed by atoms with Crippen LogP contribution in [0.25, 0.3) is 0 Å². The zero-order valence-corrected chi connectivity index (χ0v) is 25.9. The summed E-state index contributed by atoms with van der Waals surface area (Å²) >= 11 is 0.104. The summed E-state index contributed by atoms with van der Waals surface area (Å²) in [5, 5.41) is 20.7. The SMILES string of the molecule is CCCCC(CC)C(=O)[O-].CCCCC(CC)C(=O)[O-].CCCCC[CH2][Sn+2][CH2]CCCCC. The van der Waals surface area contributed by atoms with E-state index in [-0.39, 0.29) is 33.0 Å². The third-order valence-corrected chi connectivity index (χ3v) is 9.92. The molecule has 0 fully saturated rings. The first-order valence-electron chi connectivity index (χ1n) is 14.0. The van der Waals surface area contributed by atoms with Crippen LogP contribution in [0.5, 0.6) is 0 Å². The molecule has 0 aliphatic heterocycles. The molecule has 0 spiro atoms. The van der Waals surface area contributed by atoms with E-state index >= 15 is 0 Å². The van der Waals surface area contributed by atoms with E-state index < -0.39 is 11.9 Å². The Morgan fingerprint density at radius 1 is 0.545 bits per heavy atom. The molecule has 0 aromatic carbocycles. The number of carboxylic acid groups (broad SMARTS) is 2. The van der Waals surface area contributed by atoms with Crippen LogP contribution < -0.4 is 10.2 Å². The van der Waals surface area contributed by atoms with E-state index in [0.717, 1.165) is 38.5 Å². The van der Waals surface area contributed by atoms with E-state index in [4.69, 9.17) is 0 Å². The van der Waals surface area contributed by atoms with Crippen molar-refractivity contribution in [3.05, 3.63) is 0 Å². The molecule has 2 unspecified atom stereocenters. The molecular formula is C28H56O4Sn. The Kier molecular flexibility index (Phi) is 35.9. The van der Waals surface area contributed by atoms with Crippen LogP contribution in [-0.4, -0.2) is 33.1 Å². The van der Waals surface area contributed by atoms with E-state index in [1.807, 2.05) is 13.8 Å². The van der Waals surface area contributed by atoms with Gasteiger partial charge in [-0.2, -0.15) is 0 Å². The van der Waals surface area contributed by atoms with Crippen molar-refractivity contribution in [3.63, 3.8) is 0 Å². The number of carbonyl (C=O) groups excluding carboxylic acids is 2. The summed E-state index contributed by atoms with van der Waals surface area (Å²) in [7, 11) is 0. The molecule has 33 heavy (non-hydrogen) atoms. The summed E-state index contributed by atoms with van der Waals surface area (Å²) in [5.41, 5.74) is 0. The Labute approximate surface area is 217 Å². The molecule has 0 amide bonds. The topological polar surface area (TPSA) is 80.3 Å². The average molecular weight is 575 g/mol. The van der Waals surface area contributed by atoms with Crippen LogP contribution in [0.4, 0.5) is 0 Å². The molecule has 0 rings (SSSR count). The minimum atomic E-state index is -0.893. The van der Waals surface area contributed by atoms with Crippen molar-refractivity contribution in [3.8, 4) is 0 Å². The minimum absolute atomic E-state index is 0.104. The second-order valence-corrected chi connectivity index (χ2v) is 13.3. The zero-order chi connectivity index (χ0) is 25.7. The fourth-order valence-electron chi connectivity index (χ4n) is 3.36. The van der Waals surface area contributed by atoms with Gasteiger partial charge in [-0.3, -0.25) is 0 Å². The Morgan fingerprint density at radius 3 is 1.12 bits per heavy atom. The van der Waals surface area contributed by atoms with Gasteiger partial charge in [0.1, 0.15) is 0 Å². The number of hydrogen-bond donors (Lipinski definition) is 0. The molecule has 0 N–H and O–H groups in total. The molecule has 2 atom stereocenters. The molecule has 0 radical (unpaired) electrons. The summed E-state index contributed by atoms with van der Waals surface area (Å²) in [6, 6.07) is 0. The third kappa shape index (κ3) is 31.7. The van der Waals surface area contributed by atoms with Crippen LogP contribution in [0.3, 0.4) is 0 Å². The van der Waals surface area contributed by atoms with Crippen LogP contribution in [0.2, 0.25) is 8.87 Å². The van der Waals surface area contributed by atoms with Gasteiger partial charge >= 0.3 is 95.2 Å². The predicted octanol–water partition coefficient (Wildman–Crippen LogP) is 6.59. The van der Waals surface area contributed by atoms with Crippen molar-refractivity contribution >= 4 is 33.1 Å². The molecule has 196 valence electrons. The maximum absolute atomic E-state index is 10.3. The van der Waals surface area contributed by atoms with Crippen LogP contribution >= 0.6 is 0 Å². The van der Waals surface area contributed by atoms with E-state index in [2.05, 4.69) is 27.7 Å². The maximum atomic E-state index is 10.3. The molecule has 0 saturated carbocycles. The molecule has 0 saturated heterocycles. The normalized spacial score (nSPS) is 11.8. The van der Waals surface area contributed by atoms with Gasteiger partial charge in [0.2, 0.25) is 0 Å². The van der Waals surface area contributed by atoms with E-state index in [1.54, 1.807) is 21.7 Å². The number of rotatable bonds is 20. The van der Waals surface area contributed by atoms with Crippen LogP contribution in [0.15, 0.2) is 0 Å². The summed E-state index contributed by atoms with van der Waals surface area (Å²) in [6.45, 7) is 12.5. The van der Waals surface area contributed by atoms with Gasteiger partial charge in [0.25, 0.3) is 0 Å². The van der Waals surface area contributed by atoms with E-state index in [9.17, 15) is 19.8 Å². The zero-order valence-electron chi connectivity index (χ0n) is 23.0. The van der Waals surface area contributed by atoms with Crippen LogP contribution in [-0.2, 0) is 9.59 Å². The number of hydrogen-bond acceptors (Lipinski definition) is 4. The number of aliphatic carboxylic acids is 2. The Morgan fingerprint density at radius 2 is 0.879 bits per heavy atom. The van der Waals surface area contributed by atoms with Crippen molar-refractivity contribution in [2.75, 3.05) is 0 Å². The second-order valence-electron chi connectivity index (χ2n) is 9.00. The fraction of sp³-hybridized carbons (Fsp3) is 0.929. The molecule has 0 aliphatic rings. The number of carbonyl (C=O) groups is 2. The van der Waals surface area contributed by atoms with Gasteiger partial charge in [-0.25, -0.2) is 0 Å². The van der Waals surface area contributed by atoms with Gasteiger partial charge < -0.3 is 19.8 Å². The first kappa shape index (κ1) is 37.3. The van der Waals surface area contributed by atoms with Crippen molar-refractivity contribution in [2.24, 2.45) is 11.8 Å². The third-order valence-electron chi connectivity index (χ3n) is 5.88. The molecule has 0 bridgehead atoms. The Balaban J connectivity index is -0.000000415. The van der Waals surface area contributed by atoms with E-state index in [1.165, 1.54) is 38.5 Å². The molecule has 0 aromatic rings. The van der Waals surface area contributed by atoms with Gasteiger partial charge in [0.05, 0.1) is 0 Å². The van der Waals surface area contributed by atoms with Gasteiger partial charge in [-0.15, -0.1) is 0 Å².